The standard InChI is InChI=1S/C64H56N4/c1-3-61-57(42-46(2)65-51-24-13-8-14-25-51)59-45-56(39-41-64(59)67(61)53-30-19-10-20-31-53)66(52-26-17-9-18-27-52)55-32-21-33-62-60(44-55)58-43-50(38-40-63(58)68(62)54-28-15-6-7-16-29-54)49-36-34-48(35-37-49)47-22-11-4-5-12-23-47/h4,6-15,17-20,22-31,34-45,65H,3,5,16,21,32-33H2,1-2H3/b46-42+. The summed E-state index contributed by atoms with van der Waals surface area (Å²) in [5, 5.41) is 6.18. The van der Waals surface area contributed by atoms with Gasteiger partial charge in [0.05, 0.1) is 11.0 Å². The lowest BCUT2D eigenvalue weighted by atomic mass is 9.98. The van der Waals surface area contributed by atoms with Gasteiger partial charge in [0.2, 0.25) is 0 Å². The molecule has 332 valence electrons. The average Bonchev–Trinajstić information content (AvgIpc) is 3.61. The molecular formula is C64H56N4. The minimum Gasteiger partial charge on any atom is -0.359 e. The van der Waals surface area contributed by atoms with Gasteiger partial charge in [-0.15, -0.1) is 0 Å². The number of hydrogen-bond acceptors (Lipinski definition) is 2. The maximum absolute atomic E-state index is 3.67. The Morgan fingerprint density at radius 3 is 2.16 bits per heavy atom. The molecule has 0 unspecified atom stereocenters. The quantitative estimate of drug-likeness (QED) is 0.140. The molecule has 0 amide bonds. The number of nitrogens with one attached hydrogen (secondary N) is 1. The topological polar surface area (TPSA) is 25.1 Å². The first kappa shape index (κ1) is 42.5. The Balaban J connectivity index is 1.08. The zero-order chi connectivity index (χ0) is 45.8. The van der Waals surface area contributed by atoms with Gasteiger partial charge < -0.3 is 19.4 Å². The fraction of sp³-hybridized carbons (Fsp3) is 0.125. The van der Waals surface area contributed by atoms with E-state index in [2.05, 4.69) is 258 Å². The Morgan fingerprint density at radius 1 is 0.632 bits per heavy atom. The maximum Gasteiger partial charge on any atom is 0.0539 e. The van der Waals surface area contributed by atoms with Gasteiger partial charge in [-0.1, -0.05) is 147 Å². The van der Waals surface area contributed by atoms with Crippen molar-refractivity contribution in [2.24, 2.45) is 0 Å². The highest BCUT2D eigenvalue weighted by Gasteiger charge is 2.26. The van der Waals surface area contributed by atoms with Crippen LogP contribution in [0.2, 0.25) is 0 Å². The summed E-state index contributed by atoms with van der Waals surface area (Å²) < 4.78 is 5.00. The number of benzene rings is 6. The largest absolute Gasteiger partial charge is 0.359 e. The third-order valence-electron chi connectivity index (χ3n) is 13.5. The zero-order valence-corrected chi connectivity index (χ0v) is 38.9. The van der Waals surface area contributed by atoms with Crippen molar-refractivity contribution in [3.8, 4) is 16.8 Å². The first-order chi connectivity index (χ1) is 33.6. The maximum atomic E-state index is 3.67. The molecular weight excluding hydrogens is 825 g/mol. The van der Waals surface area contributed by atoms with Crippen molar-refractivity contribution in [3.63, 3.8) is 0 Å². The minimum absolute atomic E-state index is 0.880. The van der Waals surface area contributed by atoms with Crippen LogP contribution in [0, 0.1) is 0 Å². The van der Waals surface area contributed by atoms with Crippen molar-refractivity contribution >= 4 is 62.3 Å². The van der Waals surface area contributed by atoms with Crippen LogP contribution in [0.4, 0.5) is 17.1 Å². The van der Waals surface area contributed by atoms with Crippen LogP contribution in [0.15, 0.2) is 224 Å². The van der Waals surface area contributed by atoms with Crippen molar-refractivity contribution in [1.82, 2.24) is 9.13 Å². The Hall–Kier alpha value is -8.08. The van der Waals surface area contributed by atoms with Crippen molar-refractivity contribution < 1.29 is 0 Å². The molecule has 0 atom stereocenters. The van der Waals surface area contributed by atoms with Crippen LogP contribution in [-0.4, -0.2) is 9.13 Å². The number of hydrogen-bond donors (Lipinski definition) is 1. The molecule has 0 radical (unpaired) electrons. The smallest absolute Gasteiger partial charge is 0.0539 e. The molecule has 0 bridgehead atoms. The lowest BCUT2D eigenvalue weighted by Gasteiger charge is -2.28. The second-order valence-electron chi connectivity index (χ2n) is 17.9. The average molecular weight is 881 g/mol. The molecule has 0 fully saturated rings. The van der Waals surface area contributed by atoms with Crippen LogP contribution in [0.1, 0.15) is 67.6 Å². The first-order valence-corrected chi connectivity index (χ1v) is 24.3. The van der Waals surface area contributed by atoms with Crippen molar-refractivity contribution in [2.75, 3.05) is 10.2 Å². The molecule has 0 aliphatic heterocycles. The number of allylic oxidation sites excluding steroid dienone is 14. The second kappa shape index (κ2) is 19.0. The molecule has 11 rings (SSSR count). The molecule has 68 heavy (non-hydrogen) atoms. The Bertz CT molecular complexity index is 3400. The molecule has 0 saturated heterocycles. The van der Waals surface area contributed by atoms with Crippen LogP contribution in [0.3, 0.4) is 0 Å². The number of rotatable bonds is 11. The Labute approximate surface area is 400 Å². The van der Waals surface area contributed by atoms with E-state index in [0.29, 0.717) is 0 Å². The SMILES string of the molecule is CCc1c(/C=C(\C)Nc2ccccc2)c2cc(N(C3=Cc4c(n(C5=CCC=CC=C5)c5ccc(-c6ccc(C7=CC=CCC=C7)cc6)cc45)CCC3)c3ccccc3)ccc2n1-c1ccccc1. The van der Waals surface area contributed by atoms with E-state index in [4.69, 9.17) is 0 Å². The van der Waals surface area contributed by atoms with E-state index in [1.54, 1.807) is 0 Å². The molecule has 2 aromatic heterocycles. The summed E-state index contributed by atoms with van der Waals surface area (Å²) in [6.07, 6.45) is 32.8. The van der Waals surface area contributed by atoms with Crippen molar-refractivity contribution in [2.45, 2.75) is 52.4 Å². The van der Waals surface area contributed by atoms with E-state index in [1.807, 2.05) is 0 Å². The highest BCUT2D eigenvalue weighted by atomic mass is 15.2. The van der Waals surface area contributed by atoms with Crippen LogP contribution in [0.5, 0.6) is 0 Å². The highest BCUT2D eigenvalue weighted by Crippen LogP contribution is 2.43. The van der Waals surface area contributed by atoms with Crippen LogP contribution < -0.4 is 10.2 Å². The van der Waals surface area contributed by atoms with E-state index in [-0.39, 0.29) is 0 Å². The van der Waals surface area contributed by atoms with Gasteiger partial charge in [0.1, 0.15) is 0 Å². The Kier molecular flexibility index (Phi) is 11.9. The fourth-order valence-electron chi connectivity index (χ4n) is 10.4. The molecule has 6 aromatic carbocycles. The van der Waals surface area contributed by atoms with Gasteiger partial charge >= 0.3 is 0 Å². The lowest BCUT2D eigenvalue weighted by molar-refractivity contribution is 0.782. The summed E-state index contributed by atoms with van der Waals surface area (Å²) in [5.41, 5.74) is 20.7. The Morgan fingerprint density at radius 2 is 1.35 bits per heavy atom. The zero-order valence-electron chi connectivity index (χ0n) is 38.9. The molecule has 4 nitrogen and oxygen atoms in total. The second-order valence-corrected chi connectivity index (χ2v) is 17.9. The third kappa shape index (κ3) is 8.35. The van der Waals surface area contributed by atoms with E-state index in [1.165, 1.54) is 83.7 Å². The molecule has 2 heterocycles. The number of aromatic nitrogens is 2. The predicted molar refractivity (Wildman–Crippen MR) is 291 cm³/mol. The molecule has 3 aliphatic carbocycles. The summed E-state index contributed by atoms with van der Waals surface area (Å²) in [7, 11) is 0. The van der Waals surface area contributed by atoms with Gasteiger partial charge in [-0.3, -0.25) is 0 Å². The number of fused-ring (bicyclic) bond motifs is 4. The normalized spacial score (nSPS) is 14.8. The first-order valence-electron chi connectivity index (χ1n) is 24.3. The fourth-order valence-corrected chi connectivity index (χ4v) is 10.4. The van der Waals surface area contributed by atoms with Gasteiger partial charge in [-0.25, -0.2) is 0 Å². The van der Waals surface area contributed by atoms with Crippen LogP contribution in [-0.2, 0) is 12.8 Å². The molecule has 0 saturated carbocycles. The van der Waals surface area contributed by atoms with E-state index >= 15 is 0 Å². The lowest BCUT2D eigenvalue weighted by Crippen LogP contribution is -2.16. The van der Waals surface area contributed by atoms with E-state index in [0.717, 1.165) is 61.3 Å². The van der Waals surface area contributed by atoms with Gasteiger partial charge in [0, 0.05) is 73.1 Å². The predicted octanol–water partition coefficient (Wildman–Crippen LogP) is 17.1. The highest BCUT2D eigenvalue weighted by molar-refractivity contribution is 6.00. The molecule has 0 spiro atoms. The van der Waals surface area contributed by atoms with Crippen LogP contribution >= 0.6 is 0 Å². The van der Waals surface area contributed by atoms with Gasteiger partial charge in [0.15, 0.2) is 0 Å². The van der Waals surface area contributed by atoms with E-state index < -0.39 is 0 Å². The summed E-state index contributed by atoms with van der Waals surface area (Å²) in [4.78, 5) is 2.52. The van der Waals surface area contributed by atoms with E-state index in [9.17, 15) is 0 Å². The number of para-hydroxylation sites is 3. The molecule has 1 N–H and O–H groups in total. The third-order valence-corrected chi connectivity index (χ3v) is 13.5. The summed E-state index contributed by atoms with van der Waals surface area (Å²) in [6.45, 7) is 4.45. The number of nitrogens with zero attached hydrogens (tertiary/aromatic N) is 3. The van der Waals surface area contributed by atoms with Gasteiger partial charge in [-0.05, 0) is 153 Å². The van der Waals surface area contributed by atoms with Crippen molar-refractivity contribution in [3.05, 3.63) is 252 Å². The molecule has 8 aromatic rings. The summed E-state index contributed by atoms with van der Waals surface area (Å²) >= 11 is 0. The number of anilines is 3. The van der Waals surface area contributed by atoms with Gasteiger partial charge in [0.25, 0.3) is 0 Å². The monoisotopic (exact) mass is 880 g/mol. The van der Waals surface area contributed by atoms with Gasteiger partial charge in [-0.2, -0.15) is 0 Å². The molecule has 4 heteroatoms. The molecule has 3 aliphatic rings. The van der Waals surface area contributed by atoms with Crippen molar-refractivity contribution in [1.29, 1.82) is 0 Å². The summed E-state index contributed by atoms with van der Waals surface area (Å²) in [5.74, 6) is 0. The summed E-state index contributed by atoms with van der Waals surface area (Å²) in [6, 6.07) is 55.6. The minimum atomic E-state index is 0.880. The van der Waals surface area contributed by atoms with Crippen LogP contribution in [0.25, 0.3) is 62.0 Å².